The fraction of sp³-hybridized carbons (Fsp3) is 0.556. The normalized spacial score (nSPS) is 21.2. The first kappa shape index (κ1) is 25.6. The van der Waals surface area contributed by atoms with Gasteiger partial charge in [-0.15, -0.1) is 0 Å². The minimum absolute atomic E-state index is 0.0118. The van der Waals surface area contributed by atoms with Gasteiger partial charge in [-0.1, -0.05) is 51.7 Å². The second kappa shape index (κ2) is 10.5. The first-order valence-electron chi connectivity index (χ1n) is 12.0. The van der Waals surface area contributed by atoms with Gasteiger partial charge in [-0.05, 0) is 54.3 Å². The van der Waals surface area contributed by atoms with Crippen molar-refractivity contribution >= 4 is 15.5 Å². The molecule has 2 atom stereocenters. The van der Waals surface area contributed by atoms with Crippen molar-refractivity contribution in [3.8, 4) is 5.75 Å². The molecule has 0 aromatic heterocycles. The molecule has 1 heterocycles. The molecule has 0 spiro atoms. The Morgan fingerprint density at radius 2 is 1.64 bits per heavy atom. The molecule has 2 aromatic carbocycles. The van der Waals surface area contributed by atoms with Crippen LogP contribution < -0.4 is 9.64 Å². The van der Waals surface area contributed by atoms with Gasteiger partial charge in [0.05, 0.1) is 23.9 Å². The average molecular weight is 474 g/mol. The van der Waals surface area contributed by atoms with Gasteiger partial charge >= 0.3 is 0 Å². The van der Waals surface area contributed by atoms with E-state index in [2.05, 4.69) is 13.8 Å². The number of aliphatic hydroxyl groups is 1. The molecule has 0 amide bonds. The van der Waals surface area contributed by atoms with Crippen LogP contribution in [0.4, 0.5) is 5.69 Å². The molecule has 0 fully saturated rings. The van der Waals surface area contributed by atoms with E-state index in [1.54, 1.807) is 13.2 Å². The van der Waals surface area contributed by atoms with Crippen molar-refractivity contribution in [2.45, 2.75) is 69.3 Å². The minimum atomic E-state index is -3.58. The second-order valence-corrected chi connectivity index (χ2v) is 11.6. The molecular formula is C27H39NO4S. The number of hydrogen-bond donors (Lipinski definition) is 1. The third kappa shape index (κ3) is 5.22. The van der Waals surface area contributed by atoms with Crippen LogP contribution in [0.3, 0.4) is 0 Å². The van der Waals surface area contributed by atoms with Crippen LogP contribution >= 0.6 is 0 Å². The predicted molar refractivity (Wildman–Crippen MR) is 135 cm³/mol. The van der Waals surface area contributed by atoms with Crippen LogP contribution in [0.2, 0.25) is 0 Å². The zero-order valence-electron chi connectivity index (χ0n) is 20.7. The lowest BCUT2D eigenvalue weighted by Crippen LogP contribution is -2.43. The average Bonchev–Trinajstić information content (AvgIpc) is 2.87. The maximum Gasteiger partial charge on any atom is 0.179 e. The van der Waals surface area contributed by atoms with Crippen LogP contribution in [-0.2, 0) is 9.84 Å². The molecule has 1 N–H and O–H groups in total. The minimum Gasteiger partial charge on any atom is -0.497 e. The SMILES string of the molecule is CCCCC1(CCCC)CS(=O)(=O)c2ccc(N(C)C)cc2[C@H](c2ccc(OC)cc2)[C@H]1O. The molecular weight excluding hydrogens is 434 g/mol. The highest BCUT2D eigenvalue weighted by Crippen LogP contribution is 2.50. The molecule has 33 heavy (non-hydrogen) atoms. The molecule has 0 saturated heterocycles. The monoisotopic (exact) mass is 473 g/mol. The number of sulfone groups is 1. The van der Waals surface area contributed by atoms with Crippen LogP contribution in [0.25, 0.3) is 0 Å². The van der Waals surface area contributed by atoms with Crippen molar-refractivity contribution in [3.05, 3.63) is 53.6 Å². The van der Waals surface area contributed by atoms with Crippen molar-refractivity contribution in [3.63, 3.8) is 0 Å². The van der Waals surface area contributed by atoms with Gasteiger partial charge in [0.15, 0.2) is 9.84 Å². The summed E-state index contributed by atoms with van der Waals surface area (Å²) in [7, 11) is 1.93. The van der Waals surface area contributed by atoms with E-state index in [9.17, 15) is 13.5 Å². The van der Waals surface area contributed by atoms with Crippen molar-refractivity contribution in [2.75, 3.05) is 31.9 Å². The van der Waals surface area contributed by atoms with Crippen LogP contribution in [0.5, 0.6) is 5.75 Å². The van der Waals surface area contributed by atoms with Gasteiger partial charge < -0.3 is 14.7 Å². The van der Waals surface area contributed by atoms with E-state index in [0.29, 0.717) is 23.3 Å². The fourth-order valence-corrected chi connectivity index (χ4v) is 7.39. The summed E-state index contributed by atoms with van der Waals surface area (Å²) < 4.78 is 32.9. The second-order valence-electron chi connectivity index (χ2n) is 9.64. The first-order valence-corrected chi connectivity index (χ1v) is 13.7. The summed E-state index contributed by atoms with van der Waals surface area (Å²) in [5.74, 6) is 0.291. The number of anilines is 1. The number of nitrogens with zero attached hydrogens (tertiary/aromatic N) is 1. The molecule has 0 unspecified atom stereocenters. The standard InChI is InChI=1S/C27H39NO4S/c1-6-8-16-27(17-9-7-2)19-33(30,31)24-15-12-21(28(3)4)18-23(24)25(26(27)29)20-10-13-22(32-5)14-11-20/h10-15,18,25-26,29H,6-9,16-17,19H2,1-5H3/t25-,26+/m0/s1. The van der Waals surface area contributed by atoms with Crippen LogP contribution in [0, 0.1) is 5.41 Å². The molecule has 182 valence electrons. The predicted octanol–water partition coefficient (Wildman–Crippen LogP) is 5.41. The summed E-state index contributed by atoms with van der Waals surface area (Å²) in [6, 6.07) is 13.2. The third-order valence-corrected chi connectivity index (χ3v) is 9.13. The summed E-state index contributed by atoms with van der Waals surface area (Å²) in [6.45, 7) is 4.23. The smallest absolute Gasteiger partial charge is 0.179 e. The molecule has 0 aliphatic carbocycles. The molecule has 3 rings (SSSR count). The van der Waals surface area contributed by atoms with E-state index in [-0.39, 0.29) is 5.75 Å². The number of hydrogen-bond acceptors (Lipinski definition) is 5. The summed E-state index contributed by atoms with van der Waals surface area (Å²) in [5.41, 5.74) is 1.83. The van der Waals surface area contributed by atoms with Gasteiger partial charge in [0.25, 0.3) is 0 Å². The number of benzene rings is 2. The number of methoxy groups -OCH3 is 1. The van der Waals surface area contributed by atoms with Gasteiger partial charge in [0, 0.05) is 31.1 Å². The van der Waals surface area contributed by atoms with Gasteiger partial charge in [-0.25, -0.2) is 8.42 Å². The summed E-state index contributed by atoms with van der Waals surface area (Å²) in [4.78, 5) is 2.32. The topological polar surface area (TPSA) is 66.8 Å². The Bertz CT molecular complexity index is 1020. The Morgan fingerprint density at radius 1 is 1.03 bits per heavy atom. The third-order valence-electron chi connectivity index (χ3n) is 7.13. The molecule has 1 aliphatic rings. The lowest BCUT2D eigenvalue weighted by molar-refractivity contribution is 0.0127. The molecule has 5 nitrogen and oxygen atoms in total. The summed E-state index contributed by atoms with van der Waals surface area (Å²) >= 11 is 0. The largest absolute Gasteiger partial charge is 0.497 e. The van der Waals surface area contributed by atoms with Gasteiger partial charge in [-0.2, -0.15) is 0 Å². The Hall–Kier alpha value is -2.05. The number of rotatable bonds is 9. The Morgan fingerprint density at radius 3 is 2.15 bits per heavy atom. The highest BCUT2D eigenvalue weighted by Gasteiger charge is 2.49. The van der Waals surface area contributed by atoms with Gasteiger partial charge in [0.1, 0.15) is 5.75 Å². The van der Waals surface area contributed by atoms with E-state index < -0.39 is 27.3 Å². The molecule has 6 heteroatoms. The van der Waals surface area contributed by atoms with E-state index in [0.717, 1.165) is 42.7 Å². The number of aliphatic hydroxyl groups excluding tert-OH is 1. The van der Waals surface area contributed by atoms with Crippen molar-refractivity contribution in [1.82, 2.24) is 0 Å². The van der Waals surface area contributed by atoms with Gasteiger partial charge in [-0.3, -0.25) is 0 Å². The lowest BCUT2D eigenvalue weighted by atomic mass is 9.68. The maximum atomic E-state index is 13.8. The number of unbranched alkanes of at least 4 members (excludes halogenated alkanes) is 2. The first-order chi connectivity index (χ1) is 15.7. The zero-order valence-corrected chi connectivity index (χ0v) is 21.5. The van der Waals surface area contributed by atoms with Crippen LogP contribution in [0.15, 0.2) is 47.4 Å². The van der Waals surface area contributed by atoms with Gasteiger partial charge in [0.2, 0.25) is 0 Å². The number of fused-ring (bicyclic) bond motifs is 1. The highest BCUT2D eigenvalue weighted by atomic mass is 32.2. The summed E-state index contributed by atoms with van der Waals surface area (Å²) in [5, 5.41) is 12.1. The lowest BCUT2D eigenvalue weighted by Gasteiger charge is -2.40. The highest BCUT2D eigenvalue weighted by molar-refractivity contribution is 7.91. The molecule has 0 saturated carbocycles. The van der Waals surface area contributed by atoms with Crippen LogP contribution in [0.1, 0.15) is 69.4 Å². The van der Waals surface area contributed by atoms with Crippen molar-refractivity contribution < 1.29 is 18.3 Å². The molecule has 2 aromatic rings. The Labute approximate surface area is 199 Å². The van der Waals surface area contributed by atoms with E-state index in [1.807, 2.05) is 55.4 Å². The number of ether oxygens (including phenoxy) is 1. The van der Waals surface area contributed by atoms with E-state index >= 15 is 0 Å². The van der Waals surface area contributed by atoms with E-state index in [1.165, 1.54) is 0 Å². The molecule has 0 radical (unpaired) electrons. The Kier molecular flexibility index (Phi) is 8.12. The fourth-order valence-electron chi connectivity index (χ4n) is 5.20. The van der Waals surface area contributed by atoms with Crippen molar-refractivity contribution in [2.24, 2.45) is 5.41 Å². The maximum absolute atomic E-state index is 13.8. The quantitative estimate of drug-likeness (QED) is 0.528. The Balaban J connectivity index is 2.29. The van der Waals surface area contributed by atoms with E-state index in [4.69, 9.17) is 4.74 Å². The molecule has 0 bridgehead atoms. The zero-order chi connectivity index (χ0) is 24.2. The summed E-state index contributed by atoms with van der Waals surface area (Å²) in [6.07, 6.45) is 4.31. The van der Waals surface area contributed by atoms with Crippen LogP contribution in [-0.4, -0.2) is 46.6 Å². The molecule has 1 aliphatic heterocycles. The van der Waals surface area contributed by atoms with Crippen molar-refractivity contribution in [1.29, 1.82) is 0 Å².